The Kier molecular flexibility index (Phi) is 3.46. The van der Waals surface area contributed by atoms with Gasteiger partial charge in [-0.1, -0.05) is 0 Å². The van der Waals surface area contributed by atoms with E-state index < -0.39 is 0 Å². The molecule has 8 nitrogen and oxygen atoms in total. The number of hydrogen-bond acceptors (Lipinski definition) is 7. The first-order valence-electron chi connectivity index (χ1n) is 6.58. The summed E-state index contributed by atoms with van der Waals surface area (Å²) in [5, 5.41) is 3.20. The van der Waals surface area contributed by atoms with Crippen molar-refractivity contribution in [3.63, 3.8) is 0 Å². The second-order valence-corrected chi connectivity index (χ2v) is 4.79. The first-order chi connectivity index (χ1) is 9.72. The van der Waals surface area contributed by atoms with Crippen molar-refractivity contribution in [1.29, 1.82) is 0 Å². The van der Waals surface area contributed by atoms with Crippen molar-refractivity contribution in [3.05, 3.63) is 18.7 Å². The van der Waals surface area contributed by atoms with Gasteiger partial charge in [0, 0.05) is 31.5 Å². The normalized spacial score (nSPS) is 22.1. The summed E-state index contributed by atoms with van der Waals surface area (Å²) in [6.07, 6.45) is 6.33. The van der Waals surface area contributed by atoms with Gasteiger partial charge in [-0.15, -0.1) is 0 Å². The highest BCUT2D eigenvalue weighted by Gasteiger charge is 2.24. The molecule has 0 aliphatic carbocycles. The summed E-state index contributed by atoms with van der Waals surface area (Å²) in [6, 6.07) is 0. The Bertz CT molecular complexity index is 571. The van der Waals surface area contributed by atoms with Gasteiger partial charge in [-0.2, -0.15) is 15.0 Å². The van der Waals surface area contributed by atoms with Crippen molar-refractivity contribution in [2.75, 3.05) is 24.2 Å². The van der Waals surface area contributed by atoms with Crippen LogP contribution < -0.4 is 11.1 Å². The SMILES string of the molecule is CC1OCCC1CNc1nc(N)nc(-n2ccnc2)n1. The molecule has 1 fully saturated rings. The molecule has 8 heteroatoms. The van der Waals surface area contributed by atoms with Crippen LogP contribution in [0.3, 0.4) is 0 Å². The highest BCUT2D eigenvalue weighted by Crippen LogP contribution is 2.20. The predicted octanol–water partition coefficient (Wildman–Crippen LogP) is 0.476. The molecule has 1 aliphatic heterocycles. The summed E-state index contributed by atoms with van der Waals surface area (Å²) in [6.45, 7) is 3.65. The first-order valence-corrected chi connectivity index (χ1v) is 6.58. The molecule has 0 saturated carbocycles. The highest BCUT2D eigenvalue weighted by atomic mass is 16.5. The highest BCUT2D eigenvalue weighted by molar-refractivity contribution is 5.35. The molecule has 0 aromatic carbocycles. The second-order valence-electron chi connectivity index (χ2n) is 4.79. The van der Waals surface area contributed by atoms with Crippen molar-refractivity contribution in [2.24, 2.45) is 5.92 Å². The van der Waals surface area contributed by atoms with E-state index in [1.165, 1.54) is 0 Å². The fourth-order valence-corrected chi connectivity index (χ4v) is 2.22. The Morgan fingerprint density at radius 2 is 2.35 bits per heavy atom. The van der Waals surface area contributed by atoms with Crippen LogP contribution >= 0.6 is 0 Å². The van der Waals surface area contributed by atoms with Crippen LogP contribution in [0.1, 0.15) is 13.3 Å². The van der Waals surface area contributed by atoms with Crippen molar-refractivity contribution >= 4 is 11.9 Å². The van der Waals surface area contributed by atoms with Gasteiger partial charge in [0.2, 0.25) is 17.8 Å². The van der Waals surface area contributed by atoms with Crippen LogP contribution in [-0.2, 0) is 4.74 Å². The lowest BCUT2D eigenvalue weighted by Gasteiger charge is -2.14. The molecule has 2 atom stereocenters. The van der Waals surface area contributed by atoms with E-state index in [0.717, 1.165) is 19.6 Å². The topological polar surface area (TPSA) is 104 Å². The number of imidazole rings is 1. The summed E-state index contributed by atoms with van der Waals surface area (Å²) in [7, 11) is 0. The van der Waals surface area contributed by atoms with Gasteiger partial charge in [0.15, 0.2) is 0 Å². The Morgan fingerprint density at radius 3 is 3.05 bits per heavy atom. The third-order valence-electron chi connectivity index (χ3n) is 3.43. The summed E-state index contributed by atoms with van der Waals surface area (Å²) in [4.78, 5) is 16.5. The smallest absolute Gasteiger partial charge is 0.241 e. The molecule has 3 N–H and O–H groups in total. The minimum Gasteiger partial charge on any atom is -0.378 e. The van der Waals surface area contributed by atoms with Crippen LogP contribution in [-0.4, -0.2) is 43.8 Å². The zero-order chi connectivity index (χ0) is 13.9. The lowest BCUT2D eigenvalue weighted by Crippen LogP contribution is -2.22. The van der Waals surface area contributed by atoms with Gasteiger partial charge >= 0.3 is 0 Å². The molecule has 0 spiro atoms. The summed E-state index contributed by atoms with van der Waals surface area (Å²) in [5.41, 5.74) is 5.72. The van der Waals surface area contributed by atoms with Crippen LogP contribution in [0.25, 0.3) is 5.95 Å². The minimum atomic E-state index is 0.182. The Labute approximate surface area is 116 Å². The van der Waals surface area contributed by atoms with E-state index in [9.17, 15) is 0 Å². The standard InChI is InChI=1S/C12H17N7O/c1-8-9(2-5-20-8)6-15-11-16-10(13)17-12(18-11)19-4-3-14-7-19/h3-4,7-9H,2,5-6H2,1H3,(H3,13,15,16,17,18). The maximum Gasteiger partial charge on any atom is 0.241 e. The van der Waals surface area contributed by atoms with E-state index in [1.807, 2.05) is 0 Å². The zero-order valence-corrected chi connectivity index (χ0v) is 11.2. The third kappa shape index (κ3) is 2.69. The van der Waals surface area contributed by atoms with Crippen LogP contribution in [0.2, 0.25) is 0 Å². The van der Waals surface area contributed by atoms with E-state index >= 15 is 0 Å². The molecular formula is C12H17N7O. The minimum absolute atomic E-state index is 0.182. The largest absolute Gasteiger partial charge is 0.378 e. The van der Waals surface area contributed by atoms with E-state index in [-0.39, 0.29) is 12.1 Å². The molecule has 3 heterocycles. The number of aromatic nitrogens is 5. The number of anilines is 2. The molecule has 0 radical (unpaired) electrons. The van der Waals surface area contributed by atoms with Crippen molar-refractivity contribution in [2.45, 2.75) is 19.4 Å². The van der Waals surface area contributed by atoms with Crippen LogP contribution in [0, 0.1) is 5.92 Å². The molecule has 0 bridgehead atoms. The number of nitrogen functional groups attached to an aromatic ring is 1. The lowest BCUT2D eigenvalue weighted by molar-refractivity contribution is 0.108. The third-order valence-corrected chi connectivity index (χ3v) is 3.43. The van der Waals surface area contributed by atoms with E-state index in [1.54, 1.807) is 23.3 Å². The van der Waals surface area contributed by atoms with Crippen LogP contribution in [0.4, 0.5) is 11.9 Å². The molecular weight excluding hydrogens is 258 g/mol. The number of nitrogens with two attached hydrogens (primary N) is 1. The predicted molar refractivity (Wildman–Crippen MR) is 73.4 cm³/mol. The monoisotopic (exact) mass is 275 g/mol. The van der Waals surface area contributed by atoms with Gasteiger partial charge in [0.1, 0.15) is 6.33 Å². The van der Waals surface area contributed by atoms with E-state index in [2.05, 4.69) is 32.2 Å². The molecule has 2 aromatic heterocycles. The average Bonchev–Trinajstić information content (AvgIpc) is 3.07. The van der Waals surface area contributed by atoms with Crippen molar-refractivity contribution < 1.29 is 4.74 Å². The fourth-order valence-electron chi connectivity index (χ4n) is 2.22. The lowest BCUT2D eigenvalue weighted by atomic mass is 10.0. The second kappa shape index (κ2) is 5.41. The van der Waals surface area contributed by atoms with Crippen molar-refractivity contribution in [1.82, 2.24) is 24.5 Å². The summed E-state index contributed by atoms with van der Waals surface area (Å²) >= 11 is 0. The maximum atomic E-state index is 5.72. The number of hydrogen-bond donors (Lipinski definition) is 2. The summed E-state index contributed by atoms with van der Waals surface area (Å²) < 4.78 is 7.22. The molecule has 2 unspecified atom stereocenters. The number of nitrogens with zero attached hydrogens (tertiary/aromatic N) is 5. The summed E-state index contributed by atoms with van der Waals surface area (Å²) in [5.74, 6) is 1.57. The number of ether oxygens (including phenoxy) is 1. The zero-order valence-electron chi connectivity index (χ0n) is 11.2. The van der Waals surface area contributed by atoms with Gasteiger partial charge < -0.3 is 15.8 Å². The van der Waals surface area contributed by atoms with Gasteiger partial charge in [-0.05, 0) is 13.3 Å². The van der Waals surface area contributed by atoms with Crippen molar-refractivity contribution in [3.8, 4) is 5.95 Å². The van der Waals surface area contributed by atoms with Gasteiger partial charge in [0.25, 0.3) is 0 Å². The van der Waals surface area contributed by atoms with Crippen LogP contribution in [0.15, 0.2) is 18.7 Å². The van der Waals surface area contributed by atoms with E-state index in [0.29, 0.717) is 17.8 Å². The number of rotatable bonds is 4. The molecule has 106 valence electrons. The average molecular weight is 275 g/mol. The Morgan fingerprint density at radius 1 is 1.45 bits per heavy atom. The number of nitrogens with one attached hydrogen (secondary N) is 1. The van der Waals surface area contributed by atoms with E-state index in [4.69, 9.17) is 10.5 Å². The molecule has 20 heavy (non-hydrogen) atoms. The maximum absolute atomic E-state index is 5.72. The molecule has 1 aliphatic rings. The molecule has 1 saturated heterocycles. The molecule has 2 aromatic rings. The Balaban J connectivity index is 1.73. The Hall–Kier alpha value is -2.22. The first kappa shape index (κ1) is 12.8. The van der Waals surface area contributed by atoms with Gasteiger partial charge in [-0.3, -0.25) is 4.57 Å². The molecule has 3 rings (SSSR count). The fraction of sp³-hybridized carbons (Fsp3) is 0.500. The van der Waals surface area contributed by atoms with Crippen LogP contribution in [0.5, 0.6) is 0 Å². The molecule has 0 amide bonds. The quantitative estimate of drug-likeness (QED) is 0.836. The van der Waals surface area contributed by atoms with Gasteiger partial charge in [-0.25, -0.2) is 4.98 Å². The van der Waals surface area contributed by atoms with Gasteiger partial charge in [0.05, 0.1) is 6.10 Å².